The molecule has 0 unspecified atom stereocenters. The Balaban J connectivity index is 2.12. The van der Waals surface area contributed by atoms with Crippen molar-refractivity contribution >= 4 is 11.8 Å². The monoisotopic (exact) mass is 258 g/mol. The number of carbonyl (C=O) groups excluding carboxylic acids is 1. The number of esters is 1. The Morgan fingerprint density at radius 2 is 2.21 bits per heavy atom. The smallest absolute Gasteiger partial charge is 0.376 e. The molecular formula is C13H14N4O2. The SMILES string of the molecule is COC(=O)c1nc(C)cc(NCc2ccccn2)n1. The van der Waals surface area contributed by atoms with Gasteiger partial charge >= 0.3 is 5.97 Å². The van der Waals surface area contributed by atoms with E-state index >= 15 is 0 Å². The Bertz CT molecular complexity index is 572. The van der Waals surface area contributed by atoms with Crippen molar-refractivity contribution in [1.29, 1.82) is 0 Å². The average Bonchev–Trinajstić information content (AvgIpc) is 2.45. The lowest BCUT2D eigenvalue weighted by Gasteiger charge is -2.07. The molecule has 0 aliphatic carbocycles. The summed E-state index contributed by atoms with van der Waals surface area (Å²) in [5.74, 6) is 0.0640. The Labute approximate surface area is 110 Å². The fourth-order valence-electron chi connectivity index (χ4n) is 1.53. The van der Waals surface area contributed by atoms with Gasteiger partial charge in [0.1, 0.15) is 5.82 Å². The van der Waals surface area contributed by atoms with Crippen LogP contribution in [0, 0.1) is 6.92 Å². The Morgan fingerprint density at radius 3 is 2.89 bits per heavy atom. The maximum Gasteiger partial charge on any atom is 0.376 e. The first-order valence-corrected chi connectivity index (χ1v) is 5.77. The van der Waals surface area contributed by atoms with Gasteiger partial charge in [0.2, 0.25) is 5.82 Å². The van der Waals surface area contributed by atoms with Crippen LogP contribution in [0.1, 0.15) is 22.0 Å². The average molecular weight is 258 g/mol. The summed E-state index contributed by atoms with van der Waals surface area (Å²) in [7, 11) is 1.30. The van der Waals surface area contributed by atoms with Crippen LogP contribution in [0.2, 0.25) is 0 Å². The number of nitrogens with zero attached hydrogens (tertiary/aromatic N) is 3. The number of methoxy groups -OCH3 is 1. The predicted octanol–water partition coefficient (Wildman–Crippen LogP) is 1.58. The number of aromatic nitrogens is 3. The third kappa shape index (κ3) is 3.48. The molecule has 6 nitrogen and oxygen atoms in total. The molecule has 19 heavy (non-hydrogen) atoms. The van der Waals surface area contributed by atoms with Crippen LogP contribution in [0.3, 0.4) is 0 Å². The van der Waals surface area contributed by atoms with Crippen LogP contribution in [0.5, 0.6) is 0 Å². The molecule has 0 saturated carbocycles. The minimum absolute atomic E-state index is 0.0472. The molecule has 0 spiro atoms. The van der Waals surface area contributed by atoms with Crippen LogP contribution < -0.4 is 5.32 Å². The zero-order chi connectivity index (χ0) is 13.7. The molecule has 0 bridgehead atoms. The van der Waals surface area contributed by atoms with Gasteiger partial charge in [-0.25, -0.2) is 14.8 Å². The van der Waals surface area contributed by atoms with Crippen LogP contribution in [-0.4, -0.2) is 28.0 Å². The normalized spacial score (nSPS) is 10.0. The molecule has 0 amide bonds. The molecule has 1 N–H and O–H groups in total. The van der Waals surface area contributed by atoms with Gasteiger partial charge in [-0.3, -0.25) is 4.98 Å². The molecule has 0 aliphatic heterocycles. The first-order chi connectivity index (χ1) is 9.19. The van der Waals surface area contributed by atoms with Crippen molar-refractivity contribution in [3.63, 3.8) is 0 Å². The lowest BCUT2D eigenvalue weighted by Crippen LogP contribution is -2.11. The molecule has 0 atom stereocenters. The highest BCUT2D eigenvalue weighted by atomic mass is 16.5. The minimum atomic E-state index is -0.551. The first kappa shape index (κ1) is 12.9. The van der Waals surface area contributed by atoms with Crippen molar-refractivity contribution in [1.82, 2.24) is 15.0 Å². The van der Waals surface area contributed by atoms with Crippen molar-refractivity contribution < 1.29 is 9.53 Å². The third-order valence-electron chi connectivity index (χ3n) is 2.40. The van der Waals surface area contributed by atoms with Crippen LogP contribution in [0.4, 0.5) is 5.82 Å². The number of aryl methyl sites for hydroxylation is 1. The second-order valence-corrected chi connectivity index (χ2v) is 3.88. The van der Waals surface area contributed by atoms with Gasteiger partial charge in [0, 0.05) is 18.0 Å². The lowest BCUT2D eigenvalue weighted by molar-refractivity contribution is 0.0586. The Kier molecular flexibility index (Phi) is 4.02. The van der Waals surface area contributed by atoms with E-state index in [-0.39, 0.29) is 5.82 Å². The molecule has 0 aliphatic rings. The van der Waals surface area contributed by atoms with Crippen molar-refractivity contribution in [3.8, 4) is 0 Å². The molecule has 2 heterocycles. The molecule has 6 heteroatoms. The van der Waals surface area contributed by atoms with E-state index in [0.717, 1.165) is 5.69 Å². The summed E-state index contributed by atoms with van der Waals surface area (Å²) in [6.07, 6.45) is 1.72. The summed E-state index contributed by atoms with van der Waals surface area (Å²) in [5, 5.41) is 3.10. The number of pyridine rings is 1. The van der Waals surface area contributed by atoms with Gasteiger partial charge in [-0.15, -0.1) is 0 Å². The van der Waals surface area contributed by atoms with Crippen LogP contribution in [0.25, 0.3) is 0 Å². The summed E-state index contributed by atoms with van der Waals surface area (Å²) in [4.78, 5) is 23.7. The molecule has 0 radical (unpaired) electrons. The largest absolute Gasteiger partial charge is 0.463 e. The summed E-state index contributed by atoms with van der Waals surface area (Å²) >= 11 is 0. The third-order valence-corrected chi connectivity index (χ3v) is 2.40. The van der Waals surface area contributed by atoms with E-state index in [9.17, 15) is 4.79 Å². The van der Waals surface area contributed by atoms with E-state index in [4.69, 9.17) is 0 Å². The maximum absolute atomic E-state index is 11.4. The topological polar surface area (TPSA) is 77.0 Å². The quantitative estimate of drug-likeness (QED) is 0.839. The van der Waals surface area contributed by atoms with Crippen molar-refractivity contribution in [2.75, 3.05) is 12.4 Å². The van der Waals surface area contributed by atoms with Gasteiger partial charge in [0.15, 0.2) is 0 Å². The van der Waals surface area contributed by atoms with Gasteiger partial charge in [-0.05, 0) is 19.1 Å². The van der Waals surface area contributed by atoms with Gasteiger partial charge in [-0.1, -0.05) is 6.07 Å². The van der Waals surface area contributed by atoms with E-state index < -0.39 is 5.97 Å². The Hall–Kier alpha value is -2.50. The number of hydrogen-bond donors (Lipinski definition) is 1. The molecule has 0 saturated heterocycles. The number of nitrogens with one attached hydrogen (secondary N) is 1. The van der Waals surface area contributed by atoms with Gasteiger partial charge in [0.25, 0.3) is 0 Å². The molecule has 2 rings (SSSR count). The second-order valence-electron chi connectivity index (χ2n) is 3.88. The van der Waals surface area contributed by atoms with E-state index in [2.05, 4.69) is 25.0 Å². The van der Waals surface area contributed by atoms with Crippen LogP contribution >= 0.6 is 0 Å². The van der Waals surface area contributed by atoms with E-state index in [1.165, 1.54) is 7.11 Å². The van der Waals surface area contributed by atoms with Crippen molar-refractivity contribution in [2.24, 2.45) is 0 Å². The molecule has 2 aromatic rings. The maximum atomic E-state index is 11.4. The number of hydrogen-bond acceptors (Lipinski definition) is 6. The predicted molar refractivity (Wildman–Crippen MR) is 69.7 cm³/mol. The molecule has 0 fully saturated rings. The number of carbonyl (C=O) groups is 1. The van der Waals surface area contributed by atoms with Gasteiger partial charge in [-0.2, -0.15) is 0 Å². The molecule has 98 valence electrons. The molecular weight excluding hydrogens is 244 g/mol. The van der Waals surface area contributed by atoms with Crippen LogP contribution in [0.15, 0.2) is 30.5 Å². The van der Waals surface area contributed by atoms with E-state index in [1.807, 2.05) is 18.2 Å². The number of rotatable bonds is 4. The molecule has 0 aromatic carbocycles. The first-order valence-electron chi connectivity index (χ1n) is 5.77. The van der Waals surface area contributed by atoms with Crippen molar-refractivity contribution in [3.05, 3.63) is 47.7 Å². The summed E-state index contributed by atoms with van der Waals surface area (Å²) in [6, 6.07) is 7.43. The highest BCUT2D eigenvalue weighted by molar-refractivity contribution is 5.85. The summed E-state index contributed by atoms with van der Waals surface area (Å²) < 4.78 is 4.60. The fraction of sp³-hybridized carbons (Fsp3) is 0.231. The van der Waals surface area contributed by atoms with Crippen molar-refractivity contribution in [2.45, 2.75) is 13.5 Å². The fourth-order valence-corrected chi connectivity index (χ4v) is 1.53. The summed E-state index contributed by atoms with van der Waals surface area (Å²) in [6.45, 7) is 2.32. The standard InChI is InChI=1S/C13H14N4O2/c1-9-7-11(17-12(16-9)13(18)19-2)15-8-10-5-3-4-6-14-10/h3-7H,8H2,1-2H3,(H,15,16,17). The highest BCUT2D eigenvalue weighted by Crippen LogP contribution is 2.08. The zero-order valence-electron chi connectivity index (χ0n) is 10.8. The summed E-state index contributed by atoms with van der Waals surface area (Å²) in [5.41, 5.74) is 1.58. The lowest BCUT2D eigenvalue weighted by atomic mass is 10.3. The Morgan fingerprint density at radius 1 is 1.37 bits per heavy atom. The second kappa shape index (κ2) is 5.90. The van der Waals surface area contributed by atoms with Gasteiger partial charge < -0.3 is 10.1 Å². The number of ether oxygens (including phenoxy) is 1. The van der Waals surface area contributed by atoms with E-state index in [0.29, 0.717) is 18.1 Å². The van der Waals surface area contributed by atoms with E-state index in [1.54, 1.807) is 19.2 Å². The highest BCUT2D eigenvalue weighted by Gasteiger charge is 2.11. The number of anilines is 1. The van der Waals surface area contributed by atoms with Gasteiger partial charge in [0.05, 0.1) is 19.3 Å². The van der Waals surface area contributed by atoms with Crippen LogP contribution in [-0.2, 0) is 11.3 Å². The zero-order valence-corrected chi connectivity index (χ0v) is 10.8. The minimum Gasteiger partial charge on any atom is -0.463 e. The molecule has 2 aromatic heterocycles.